The smallest absolute Gasteiger partial charge is 0.262 e. The number of anilines is 3. The zero-order chi connectivity index (χ0) is 109. The molecule has 2 unspecified atom stereocenters. The first-order valence-electron chi connectivity index (χ1n) is 51.0. The van der Waals surface area contributed by atoms with E-state index in [2.05, 4.69) is 121 Å². The van der Waals surface area contributed by atoms with Crippen molar-refractivity contribution in [3.05, 3.63) is 331 Å². The van der Waals surface area contributed by atoms with Gasteiger partial charge < -0.3 is 34.1 Å². The fourth-order valence-corrected chi connectivity index (χ4v) is 17.6. The van der Waals surface area contributed by atoms with Gasteiger partial charge in [-0.3, -0.25) is 38.1 Å². The van der Waals surface area contributed by atoms with Crippen LogP contribution in [0.25, 0.3) is 32.4 Å². The number of para-hydroxylation sites is 2. The normalized spacial score (nSPS) is 11.5. The van der Waals surface area contributed by atoms with E-state index in [1.165, 1.54) is 11.1 Å². The lowest BCUT2D eigenvalue weighted by Gasteiger charge is -2.20. The number of nitrogens with zero attached hydrogens (tertiary/aromatic N) is 3. The van der Waals surface area contributed by atoms with Crippen LogP contribution in [-0.2, 0) is 53.1 Å². The van der Waals surface area contributed by atoms with E-state index in [9.17, 15) is 42.0 Å². The Hall–Kier alpha value is -12.0. The second kappa shape index (κ2) is 61.6. The minimum atomic E-state index is -3.19. The third-order valence-electron chi connectivity index (χ3n) is 24.4. The minimum absolute atomic E-state index is 0.00604. The number of aryl methyl sites for hydroxylation is 1. The maximum Gasteiger partial charge on any atom is 0.262 e. The number of methoxy groups -OCH3 is 2. The van der Waals surface area contributed by atoms with Crippen molar-refractivity contribution in [2.45, 2.75) is 233 Å². The van der Waals surface area contributed by atoms with E-state index in [1.807, 2.05) is 264 Å². The summed E-state index contributed by atoms with van der Waals surface area (Å²) >= 11 is 18.2. The summed E-state index contributed by atoms with van der Waals surface area (Å²) in [5, 5.41) is 9.80. The molecule has 13 aromatic rings. The van der Waals surface area contributed by atoms with Gasteiger partial charge in [0.15, 0.2) is 15.6 Å². The van der Waals surface area contributed by atoms with Crippen LogP contribution in [-0.4, -0.2) is 126 Å². The zero-order valence-corrected chi connectivity index (χ0v) is 95.2. The largest absolute Gasteiger partial charge is 0.497 e. The van der Waals surface area contributed by atoms with Crippen molar-refractivity contribution in [3.63, 3.8) is 0 Å². The van der Waals surface area contributed by atoms with E-state index < -0.39 is 9.84 Å². The molecule has 0 fully saturated rings. The molecular formula is C125H159Cl3N4O13S. The first-order chi connectivity index (χ1) is 69.2. The molecule has 0 amide bonds. The number of ether oxygens (including phenoxy) is 4. The number of Topliss-reactive ketones (excluding diaryl/α,β-unsaturated/α-hetero) is 5. The van der Waals surface area contributed by atoms with Gasteiger partial charge in [-0.1, -0.05) is 326 Å². The third kappa shape index (κ3) is 37.1. The van der Waals surface area contributed by atoms with Gasteiger partial charge in [0.25, 0.3) is 5.91 Å². The number of aromatic nitrogens is 1. The summed E-state index contributed by atoms with van der Waals surface area (Å²) < 4.78 is 48.2. The van der Waals surface area contributed by atoms with Crippen LogP contribution in [0.3, 0.4) is 0 Å². The molecule has 12 aromatic carbocycles. The first kappa shape index (κ1) is 124. The molecule has 1 aromatic heterocycles. The van der Waals surface area contributed by atoms with Crippen LogP contribution in [0.1, 0.15) is 266 Å². The van der Waals surface area contributed by atoms with E-state index in [0.29, 0.717) is 85.2 Å². The Morgan fingerprint density at radius 1 is 0.466 bits per heavy atom. The highest BCUT2D eigenvalue weighted by Gasteiger charge is 2.27. The summed E-state index contributed by atoms with van der Waals surface area (Å²) in [6.45, 7) is 51.3. The Bertz CT molecular complexity index is 6500. The molecule has 146 heavy (non-hydrogen) atoms. The van der Waals surface area contributed by atoms with Crippen LogP contribution < -0.4 is 29.2 Å². The molecule has 0 spiro atoms. The van der Waals surface area contributed by atoms with Crippen molar-refractivity contribution in [3.8, 4) is 23.0 Å². The summed E-state index contributed by atoms with van der Waals surface area (Å²) in [7, 11) is 8.09. The average Bonchev–Trinajstić information content (AvgIpc) is 1.59. The van der Waals surface area contributed by atoms with Crippen LogP contribution in [0.5, 0.6) is 23.0 Å². The van der Waals surface area contributed by atoms with Gasteiger partial charge in [-0.2, -0.15) is 0 Å². The minimum Gasteiger partial charge on any atom is -0.497 e. The SMILES string of the molecule is CC.CC.CC(C)C(=O)C(C)c1cccc(C(=O)c2ccccc2)c1.CC(C)Cc1ccc(C(C)C(=O)C(C)C)cc1.CCC(=O)Cc1ccccc1Nc1c(Cl)cccc1Cl.CCS(=O)(=O)c1cccc2c(N(C)C)cccc12.COc1ccc2c(c1)c(CC(=O)C(C)C)c(C)n2C(=O)c1ccc(Cl)cc1.COc1ccc2cc([C@H](C)C(=O)C(C)C)ccc2c1.Cc1cc(OCCN(C)C)c(C(C)C)cc1OC(C)C. The quantitative estimate of drug-likeness (QED) is 0.0371. The molecule has 0 aliphatic carbocycles. The number of hydrogen-bond acceptors (Lipinski definition) is 16. The van der Waals surface area contributed by atoms with Gasteiger partial charge in [-0.15, -0.1) is 0 Å². The number of hydrogen-bond donors (Lipinski definition) is 1. The second-order valence-corrected chi connectivity index (χ2v) is 41.9. The maximum atomic E-state index is 13.2. The van der Waals surface area contributed by atoms with Crippen LogP contribution >= 0.6 is 34.8 Å². The predicted octanol–water partition coefficient (Wildman–Crippen LogP) is 31.6. The van der Waals surface area contributed by atoms with E-state index in [0.717, 1.165) is 113 Å². The molecule has 21 heteroatoms. The van der Waals surface area contributed by atoms with E-state index in [4.69, 9.17) is 53.8 Å². The highest BCUT2D eigenvalue weighted by molar-refractivity contribution is 7.91. The van der Waals surface area contributed by atoms with Crippen molar-refractivity contribution in [2.75, 3.05) is 71.5 Å². The number of likely N-dealkylation sites (N-methyl/N-ethyl adjacent to an activating group) is 1. The standard InChI is InChI=1S/C22H22ClNO3.C19H20O2.C17H29NO2.C17H20O2.C16H15Cl2NO.C16H24O.C14H17NO2S.2C2H6/c1-13(2)21(25)12-18-14(3)24(20-10-9-17(27-4)11-19(18)20)22(26)15-5-7-16(23)8-6-15;1-13(2)18(20)14(3)16-10-7-11-17(12-16)19(21)15-8-5-4-6-9-15;1-12(2)15-11-16(20-13(3)4)14(5)10-17(15)19-9-8-18(6)7;1-11(2)17(18)12(3)13-5-6-15-10-16(19-4)8-7-14(15)9-13;1-2-12(20)10-11-6-3-4-9-15(11)19-16-13(17)7-5-8-14(16)18;1-11(2)10-14-6-8-15(9-7-14)13(5)16(17)12(3)4;1-4-18(16,17)14-10-6-7-11-12(14)8-5-9-13(11)15(2)3;2*1-2/h5-11,13H,12H2,1-4H3;4-14H,1-3H3;10-13H,8-9H2,1-7H3;5-12H,1-4H3;3-9,19H,2,10H2,1H3;6-9,11-13H,10H2,1-5H3;5-10H,4H2,1-3H3;2*1-2H3/t;;;12-;;;;;/m...0...../s1. The van der Waals surface area contributed by atoms with Crippen molar-refractivity contribution in [1.29, 1.82) is 0 Å². The number of ketones is 6. The van der Waals surface area contributed by atoms with Crippen LogP contribution in [0.2, 0.25) is 15.1 Å². The van der Waals surface area contributed by atoms with Crippen LogP contribution in [0, 0.1) is 43.4 Å². The third-order valence-corrected chi connectivity index (χ3v) is 27.0. The van der Waals surface area contributed by atoms with Crippen LogP contribution in [0.4, 0.5) is 17.1 Å². The summed E-state index contributed by atoms with van der Waals surface area (Å²) in [5.74, 6) is 5.57. The molecule has 784 valence electrons. The molecule has 3 atom stereocenters. The van der Waals surface area contributed by atoms with E-state index >= 15 is 0 Å². The summed E-state index contributed by atoms with van der Waals surface area (Å²) in [4.78, 5) is 90.3. The Kier molecular flexibility index (Phi) is 52.5. The van der Waals surface area contributed by atoms with Gasteiger partial charge in [-0.25, -0.2) is 8.42 Å². The van der Waals surface area contributed by atoms with Gasteiger partial charge >= 0.3 is 0 Å². The lowest BCUT2D eigenvalue weighted by atomic mass is 9.89. The highest BCUT2D eigenvalue weighted by Crippen LogP contribution is 2.39. The Balaban J connectivity index is 0.000000299. The van der Waals surface area contributed by atoms with Crippen molar-refractivity contribution < 1.29 is 60.9 Å². The van der Waals surface area contributed by atoms with Gasteiger partial charge in [0, 0.05) is 142 Å². The van der Waals surface area contributed by atoms with Crippen molar-refractivity contribution in [1.82, 2.24) is 9.47 Å². The first-order valence-corrected chi connectivity index (χ1v) is 53.8. The molecule has 0 bridgehead atoms. The van der Waals surface area contributed by atoms with Gasteiger partial charge in [-0.05, 0) is 213 Å². The predicted molar refractivity (Wildman–Crippen MR) is 614 cm³/mol. The molecule has 0 saturated heterocycles. The fourth-order valence-electron chi connectivity index (χ4n) is 15.9. The van der Waals surface area contributed by atoms with E-state index in [1.54, 1.807) is 98.5 Å². The number of rotatable bonds is 34. The molecule has 0 aliphatic rings. The highest BCUT2D eigenvalue weighted by atomic mass is 35.5. The number of sulfone groups is 1. The molecule has 1 heterocycles. The van der Waals surface area contributed by atoms with Crippen molar-refractivity contribution >= 4 is 135 Å². The number of halogens is 3. The fraction of sp³-hybridized carbons (Fsp3) is 0.384. The molecule has 0 aliphatic heterocycles. The second-order valence-electron chi connectivity index (χ2n) is 38.4. The van der Waals surface area contributed by atoms with Crippen molar-refractivity contribution in [2.24, 2.45) is 29.6 Å². The Morgan fingerprint density at radius 3 is 1.52 bits per heavy atom. The number of fused-ring (bicyclic) bond motifs is 3. The molecule has 0 saturated carbocycles. The average molecular weight is 2060 g/mol. The maximum absolute atomic E-state index is 13.2. The number of carbonyl (C=O) groups excluding carboxylic acids is 7. The van der Waals surface area contributed by atoms with Gasteiger partial charge in [0.05, 0.1) is 52.2 Å². The Morgan fingerprint density at radius 2 is 0.979 bits per heavy atom. The molecular weight excluding hydrogens is 1900 g/mol. The molecule has 1 N–H and O–H groups in total. The number of carbonyl (C=O) groups is 7. The zero-order valence-electron chi connectivity index (χ0n) is 92.1. The summed E-state index contributed by atoms with van der Waals surface area (Å²) in [6, 6.07) is 78.1. The summed E-state index contributed by atoms with van der Waals surface area (Å²) in [5.41, 5.74) is 14.5. The molecule has 0 radical (unpaired) electrons. The lowest BCUT2D eigenvalue weighted by molar-refractivity contribution is -0.123. The molecule has 13 rings (SSSR count). The number of benzene rings is 12. The van der Waals surface area contributed by atoms with Crippen LogP contribution in [0.15, 0.2) is 254 Å². The molecule has 17 nitrogen and oxygen atoms in total. The Labute approximate surface area is 887 Å². The monoisotopic (exact) mass is 2060 g/mol. The van der Waals surface area contributed by atoms with E-state index in [-0.39, 0.29) is 94.5 Å². The number of nitrogens with one attached hydrogen (secondary N) is 1. The van der Waals surface area contributed by atoms with Gasteiger partial charge in [0.2, 0.25) is 0 Å². The summed E-state index contributed by atoms with van der Waals surface area (Å²) in [6.07, 6.45) is 2.51. The lowest BCUT2D eigenvalue weighted by Crippen LogP contribution is -2.20. The topological polar surface area (TPSA) is 214 Å². The van der Waals surface area contributed by atoms with Gasteiger partial charge in [0.1, 0.15) is 58.5 Å².